The van der Waals surface area contributed by atoms with Gasteiger partial charge in [-0.25, -0.2) is 4.39 Å². The Bertz CT molecular complexity index is 756. The van der Waals surface area contributed by atoms with E-state index in [-0.39, 0.29) is 11.4 Å². The maximum atomic E-state index is 12.8. The van der Waals surface area contributed by atoms with Crippen LogP contribution in [0, 0.1) is 17.1 Å². The van der Waals surface area contributed by atoms with Crippen LogP contribution in [0.25, 0.3) is 6.08 Å². The fourth-order valence-electron chi connectivity index (χ4n) is 1.92. The SMILES string of the molecule is CN(C)c1ccc(/C=C(/C#N)C(=O)Nc2ccc(F)cc2)cc1. The molecule has 23 heavy (non-hydrogen) atoms. The van der Waals surface area contributed by atoms with Crippen molar-refractivity contribution in [3.63, 3.8) is 0 Å². The van der Waals surface area contributed by atoms with E-state index in [2.05, 4.69) is 5.32 Å². The van der Waals surface area contributed by atoms with Crippen LogP contribution in [0.2, 0.25) is 0 Å². The number of hydrogen-bond donors (Lipinski definition) is 1. The Balaban J connectivity index is 2.16. The van der Waals surface area contributed by atoms with E-state index in [4.69, 9.17) is 0 Å². The van der Waals surface area contributed by atoms with Crippen molar-refractivity contribution >= 4 is 23.4 Å². The Hall–Kier alpha value is -3.13. The molecule has 0 radical (unpaired) electrons. The molecule has 0 bridgehead atoms. The summed E-state index contributed by atoms with van der Waals surface area (Å²) in [4.78, 5) is 14.1. The minimum Gasteiger partial charge on any atom is -0.378 e. The summed E-state index contributed by atoms with van der Waals surface area (Å²) < 4.78 is 12.8. The van der Waals surface area contributed by atoms with Gasteiger partial charge in [0.1, 0.15) is 17.5 Å². The third-order valence-corrected chi connectivity index (χ3v) is 3.19. The van der Waals surface area contributed by atoms with Gasteiger partial charge in [-0.2, -0.15) is 5.26 Å². The normalized spacial score (nSPS) is 10.8. The summed E-state index contributed by atoms with van der Waals surface area (Å²) in [5.41, 5.74) is 2.19. The van der Waals surface area contributed by atoms with Gasteiger partial charge >= 0.3 is 0 Å². The highest BCUT2D eigenvalue weighted by Gasteiger charge is 2.09. The molecule has 116 valence electrons. The molecule has 1 N–H and O–H groups in total. The number of anilines is 2. The Kier molecular flexibility index (Phi) is 5.11. The predicted molar refractivity (Wildman–Crippen MR) is 89.4 cm³/mol. The summed E-state index contributed by atoms with van der Waals surface area (Å²) in [5, 5.41) is 11.7. The van der Waals surface area contributed by atoms with E-state index in [1.807, 2.05) is 49.3 Å². The average molecular weight is 309 g/mol. The lowest BCUT2D eigenvalue weighted by Crippen LogP contribution is -2.13. The van der Waals surface area contributed by atoms with Crippen molar-refractivity contribution in [2.45, 2.75) is 0 Å². The molecular weight excluding hydrogens is 293 g/mol. The standard InChI is InChI=1S/C18H16FN3O/c1-22(2)17-9-3-13(4-10-17)11-14(12-20)18(23)21-16-7-5-15(19)6-8-16/h3-11H,1-2H3,(H,21,23)/b14-11-. The molecule has 0 aliphatic carbocycles. The number of carbonyl (C=O) groups excluding carboxylic acids is 1. The number of benzene rings is 2. The Morgan fingerprint density at radius 1 is 1.13 bits per heavy atom. The minimum atomic E-state index is -0.532. The molecule has 0 atom stereocenters. The first kappa shape index (κ1) is 16.2. The van der Waals surface area contributed by atoms with E-state index in [1.54, 1.807) is 0 Å². The quantitative estimate of drug-likeness (QED) is 0.695. The van der Waals surface area contributed by atoms with Crippen molar-refractivity contribution in [1.82, 2.24) is 0 Å². The fourth-order valence-corrected chi connectivity index (χ4v) is 1.92. The van der Waals surface area contributed by atoms with Crippen molar-refractivity contribution in [1.29, 1.82) is 5.26 Å². The van der Waals surface area contributed by atoms with Crippen LogP contribution in [-0.4, -0.2) is 20.0 Å². The van der Waals surface area contributed by atoms with E-state index in [0.29, 0.717) is 5.69 Å². The highest BCUT2D eigenvalue weighted by molar-refractivity contribution is 6.09. The van der Waals surface area contributed by atoms with Crippen molar-refractivity contribution in [2.75, 3.05) is 24.3 Å². The van der Waals surface area contributed by atoms with Crippen molar-refractivity contribution in [2.24, 2.45) is 0 Å². The second kappa shape index (κ2) is 7.23. The van der Waals surface area contributed by atoms with Gasteiger partial charge in [0.05, 0.1) is 0 Å². The monoisotopic (exact) mass is 309 g/mol. The number of nitrogens with one attached hydrogen (secondary N) is 1. The van der Waals surface area contributed by atoms with E-state index in [1.165, 1.54) is 30.3 Å². The van der Waals surface area contributed by atoms with Gasteiger partial charge in [-0.1, -0.05) is 12.1 Å². The van der Waals surface area contributed by atoms with Gasteiger partial charge in [0.2, 0.25) is 0 Å². The molecule has 0 spiro atoms. The lowest BCUT2D eigenvalue weighted by atomic mass is 10.1. The van der Waals surface area contributed by atoms with Crippen molar-refractivity contribution < 1.29 is 9.18 Å². The number of carbonyl (C=O) groups is 1. The van der Waals surface area contributed by atoms with Crippen LogP contribution in [0.5, 0.6) is 0 Å². The third-order valence-electron chi connectivity index (χ3n) is 3.19. The predicted octanol–water partition coefficient (Wildman–Crippen LogP) is 3.44. The summed E-state index contributed by atoms with van der Waals surface area (Å²) >= 11 is 0. The average Bonchev–Trinajstić information content (AvgIpc) is 2.55. The summed E-state index contributed by atoms with van der Waals surface area (Å²) in [7, 11) is 3.86. The Labute approximate surface area is 134 Å². The lowest BCUT2D eigenvalue weighted by molar-refractivity contribution is -0.112. The maximum Gasteiger partial charge on any atom is 0.266 e. The minimum absolute atomic E-state index is 0.0214. The largest absolute Gasteiger partial charge is 0.378 e. The number of hydrogen-bond acceptors (Lipinski definition) is 3. The van der Waals surface area contributed by atoms with E-state index in [0.717, 1.165) is 11.3 Å². The van der Waals surface area contributed by atoms with E-state index < -0.39 is 5.91 Å². The zero-order chi connectivity index (χ0) is 16.8. The number of nitrogens with zero attached hydrogens (tertiary/aromatic N) is 2. The number of nitriles is 1. The maximum absolute atomic E-state index is 12.8. The molecule has 2 rings (SSSR count). The van der Waals surface area contributed by atoms with Crippen LogP contribution >= 0.6 is 0 Å². The fraction of sp³-hybridized carbons (Fsp3) is 0.111. The van der Waals surface area contributed by atoms with Crippen LogP contribution in [0.3, 0.4) is 0 Å². The molecule has 0 saturated carbocycles. The summed E-state index contributed by atoms with van der Waals surface area (Å²) in [6, 6.07) is 14.7. The molecule has 0 fully saturated rings. The lowest BCUT2D eigenvalue weighted by Gasteiger charge is -2.11. The molecule has 0 aromatic heterocycles. The van der Waals surface area contributed by atoms with Crippen LogP contribution in [0.4, 0.5) is 15.8 Å². The highest BCUT2D eigenvalue weighted by atomic mass is 19.1. The van der Waals surface area contributed by atoms with Crippen molar-refractivity contribution in [3.05, 3.63) is 65.5 Å². The van der Waals surface area contributed by atoms with Gasteiger partial charge in [0.25, 0.3) is 5.91 Å². The Morgan fingerprint density at radius 2 is 1.74 bits per heavy atom. The first-order chi connectivity index (χ1) is 11.0. The molecule has 1 amide bonds. The molecule has 0 heterocycles. The number of rotatable bonds is 4. The molecule has 5 heteroatoms. The van der Waals surface area contributed by atoms with Gasteiger partial charge < -0.3 is 10.2 Å². The van der Waals surface area contributed by atoms with E-state index in [9.17, 15) is 14.4 Å². The number of amides is 1. The molecule has 4 nitrogen and oxygen atoms in total. The van der Waals surface area contributed by atoms with Gasteiger partial charge in [-0.3, -0.25) is 4.79 Å². The van der Waals surface area contributed by atoms with Gasteiger partial charge in [0.15, 0.2) is 0 Å². The molecule has 2 aromatic rings. The molecule has 0 unspecified atom stereocenters. The third kappa shape index (κ3) is 4.42. The highest BCUT2D eigenvalue weighted by Crippen LogP contribution is 2.16. The van der Waals surface area contributed by atoms with Gasteiger partial charge in [-0.15, -0.1) is 0 Å². The smallest absolute Gasteiger partial charge is 0.266 e. The van der Waals surface area contributed by atoms with Gasteiger partial charge in [0, 0.05) is 25.5 Å². The van der Waals surface area contributed by atoms with Crippen LogP contribution in [0.15, 0.2) is 54.1 Å². The second-order valence-electron chi connectivity index (χ2n) is 5.12. The first-order valence-electron chi connectivity index (χ1n) is 6.95. The summed E-state index contributed by atoms with van der Waals surface area (Å²) in [6.45, 7) is 0. The topological polar surface area (TPSA) is 56.1 Å². The zero-order valence-electron chi connectivity index (χ0n) is 12.9. The van der Waals surface area contributed by atoms with Crippen LogP contribution < -0.4 is 10.2 Å². The zero-order valence-corrected chi connectivity index (χ0v) is 12.9. The molecule has 0 aliphatic heterocycles. The van der Waals surface area contributed by atoms with Crippen LogP contribution in [0.1, 0.15) is 5.56 Å². The summed E-state index contributed by atoms with van der Waals surface area (Å²) in [6.07, 6.45) is 1.51. The number of halogens is 1. The molecular formula is C18H16FN3O. The molecule has 0 saturated heterocycles. The molecule has 2 aromatic carbocycles. The first-order valence-corrected chi connectivity index (χ1v) is 6.95. The second-order valence-corrected chi connectivity index (χ2v) is 5.12. The Morgan fingerprint density at radius 3 is 2.26 bits per heavy atom. The molecule has 0 aliphatic rings. The summed E-state index contributed by atoms with van der Waals surface area (Å²) in [5.74, 6) is -0.921. The van der Waals surface area contributed by atoms with Crippen LogP contribution in [-0.2, 0) is 4.79 Å². The van der Waals surface area contributed by atoms with E-state index >= 15 is 0 Å². The van der Waals surface area contributed by atoms with Gasteiger partial charge in [-0.05, 0) is 48.0 Å². The van der Waals surface area contributed by atoms with Crippen molar-refractivity contribution in [3.8, 4) is 6.07 Å².